The van der Waals surface area contributed by atoms with Gasteiger partial charge in [-0.15, -0.1) is 0 Å². The molecule has 4 heteroatoms. The molecule has 0 saturated heterocycles. The van der Waals surface area contributed by atoms with Crippen LogP contribution in [-0.4, -0.2) is 26.0 Å². The normalized spacial score (nSPS) is 13.2. The van der Waals surface area contributed by atoms with Gasteiger partial charge in [-0.25, -0.2) is 0 Å². The van der Waals surface area contributed by atoms with E-state index in [0.717, 1.165) is 5.69 Å². The van der Waals surface area contributed by atoms with Gasteiger partial charge in [0.15, 0.2) is 0 Å². The first-order valence-corrected chi connectivity index (χ1v) is 5.18. The molecule has 0 unspecified atom stereocenters. The van der Waals surface area contributed by atoms with Crippen molar-refractivity contribution in [3.63, 3.8) is 0 Å². The van der Waals surface area contributed by atoms with E-state index in [1.807, 2.05) is 33.2 Å². The van der Waals surface area contributed by atoms with Gasteiger partial charge in [-0.05, 0) is 33.8 Å². The van der Waals surface area contributed by atoms with Gasteiger partial charge in [0.2, 0.25) is 0 Å². The topological polar surface area (TPSA) is 50.1 Å². The summed E-state index contributed by atoms with van der Waals surface area (Å²) in [7, 11) is 1.89. The van der Waals surface area contributed by atoms with Crippen molar-refractivity contribution < 1.29 is 5.11 Å². The molecule has 0 saturated carbocycles. The van der Waals surface area contributed by atoms with E-state index in [1.54, 1.807) is 18.5 Å². The van der Waals surface area contributed by atoms with Crippen LogP contribution in [-0.2, 0) is 13.6 Å². The molecule has 2 N–H and O–H groups in total. The summed E-state index contributed by atoms with van der Waals surface area (Å²) in [6, 6.07) is 1.97. The van der Waals surface area contributed by atoms with Crippen LogP contribution in [0, 0.1) is 0 Å². The van der Waals surface area contributed by atoms with E-state index in [1.165, 1.54) is 0 Å². The van der Waals surface area contributed by atoms with E-state index in [-0.39, 0.29) is 5.54 Å². The Morgan fingerprint density at radius 2 is 2.00 bits per heavy atom. The quantitative estimate of drug-likeness (QED) is 0.783. The van der Waals surface area contributed by atoms with Gasteiger partial charge in [-0.2, -0.15) is 5.10 Å². The molecular weight excluding hydrogens is 190 g/mol. The van der Waals surface area contributed by atoms with Gasteiger partial charge in [0.05, 0.1) is 11.3 Å². The summed E-state index contributed by atoms with van der Waals surface area (Å²) < 4.78 is 1.77. The van der Waals surface area contributed by atoms with Gasteiger partial charge in [0, 0.05) is 25.3 Å². The van der Waals surface area contributed by atoms with Gasteiger partial charge in [-0.1, -0.05) is 0 Å². The first-order chi connectivity index (χ1) is 6.72. The Morgan fingerprint density at radius 1 is 1.40 bits per heavy atom. The molecule has 1 aromatic rings. The third-order valence-corrected chi connectivity index (χ3v) is 3.01. The fourth-order valence-corrected chi connectivity index (χ4v) is 1.09. The molecule has 0 aliphatic heterocycles. The van der Waals surface area contributed by atoms with E-state index < -0.39 is 5.60 Å². The Balaban J connectivity index is 2.57. The molecule has 0 spiro atoms. The summed E-state index contributed by atoms with van der Waals surface area (Å²) in [5.41, 5.74) is -0.124. The summed E-state index contributed by atoms with van der Waals surface area (Å²) in [5, 5.41) is 17.5. The number of aliphatic hydroxyl groups is 1. The number of nitrogens with one attached hydrogen (secondary N) is 1. The fourth-order valence-electron chi connectivity index (χ4n) is 1.09. The Morgan fingerprint density at radius 3 is 2.40 bits per heavy atom. The van der Waals surface area contributed by atoms with Crippen molar-refractivity contribution >= 4 is 0 Å². The molecule has 86 valence electrons. The lowest BCUT2D eigenvalue weighted by Gasteiger charge is -2.38. The molecule has 0 radical (unpaired) electrons. The van der Waals surface area contributed by atoms with Gasteiger partial charge in [-0.3, -0.25) is 4.68 Å². The van der Waals surface area contributed by atoms with E-state index >= 15 is 0 Å². The molecule has 0 bridgehead atoms. The standard InChI is InChI=1S/C11H21N3O/c1-10(2,11(3,4)15)12-8-9-6-7-14(5)13-9/h6-7,12,15H,8H2,1-5H3. The van der Waals surface area contributed by atoms with Crippen molar-refractivity contribution in [3.05, 3.63) is 18.0 Å². The zero-order valence-electron chi connectivity index (χ0n) is 10.2. The lowest BCUT2D eigenvalue weighted by molar-refractivity contribution is -0.00547. The number of hydrogen-bond acceptors (Lipinski definition) is 3. The van der Waals surface area contributed by atoms with Gasteiger partial charge in [0.25, 0.3) is 0 Å². The second-order valence-electron chi connectivity index (χ2n) is 5.02. The molecule has 0 aliphatic rings. The lowest BCUT2D eigenvalue weighted by atomic mass is 9.86. The number of hydrogen-bond donors (Lipinski definition) is 2. The van der Waals surface area contributed by atoms with Crippen molar-refractivity contribution in [1.29, 1.82) is 0 Å². The predicted molar refractivity (Wildman–Crippen MR) is 60.4 cm³/mol. The SMILES string of the molecule is Cn1ccc(CNC(C)(C)C(C)(C)O)n1. The van der Waals surface area contributed by atoms with Crippen LogP contribution in [0.4, 0.5) is 0 Å². The summed E-state index contributed by atoms with van der Waals surface area (Å²) in [5.74, 6) is 0. The minimum atomic E-state index is -0.762. The number of rotatable bonds is 4. The van der Waals surface area contributed by atoms with Crippen LogP contribution in [0.15, 0.2) is 12.3 Å². The molecule has 15 heavy (non-hydrogen) atoms. The monoisotopic (exact) mass is 211 g/mol. The Bertz CT molecular complexity index is 323. The van der Waals surface area contributed by atoms with E-state index in [4.69, 9.17) is 0 Å². The molecule has 0 aliphatic carbocycles. The molecule has 1 rings (SSSR count). The molecule has 0 fully saturated rings. The summed E-state index contributed by atoms with van der Waals surface area (Å²) in [4.78, 5) is 0. The van der Waals surface area contributed by atoms with Crippen LogP contribution < -0.4 is 5.32 Å². The second-order valence-corrected chi connectivity index (χ2v) is 5.02. The number of aromatic nitrogens is 2. The highest BCUT2D eigenvalue weighted by molar-refractivity contribution is 5.01. The highest BCUT2D eigenvalue weighted by atomic mass is 16.3. The third kappa shape index (κ3) is 3.04. The maximum atomic E-state index is 9.94. The van der Waals surface area contributed by atoms with Crippen LogP contribution in [0.3, 0.4) is 0 Å². The molecular formula is C11H21N3O. The maximum Gasteiger partial charge on any atom is 0.0767 e. The van der Waals surface area contributed by atoms with Crippen molar-refractivity contribution in [2.45, 2.75) is 45.4 Å². The zero-order chi connectivity index (χ0) is 11.7. The molecule has 0 atom stereocenters. The second kappa shape index (κ2) is 3.94. The average Bonchev–Trinajstić information content (AvgIpc) is 2.46. The number of aryl methyl sites for hydroxylation is 1. The van der Waals surface area contributed by atoms with Crippen LogP contribution in [0.25, 0.3) is 0 Å². The molecule has 4 nitrogen and oxygen atoms in total. The average molecular weight is 211 g/mol. The summed E-state index contributed by atoms with van der Waals surface area (Å²) >= 11 is 0. The molecule has 1 aromatic heterocycles. The van der Waals surface area contributed by atoms with Crippen molar-refractivity contribution in [2.75, 3.05) is 0 Å². The maximum absolute atomic E-state index is 9.94. The van der Waals surface area contributed by atoms with E-state index in [9.17, 15) is 5.11 Å². The van der Waals surface area contributed by atoms with E-state index in [0.29, 0.717) is 6.54 Å². The summed E-state index contributed by atoms with van der Waals surface area (Å²) in [6.45, 7) is 8.24. The van der Waals surface area contributed by atoms with Crippen LogP contribution in [0.2, 0.25) is 0 Å². The highest BCUT2D eigenvalue weighted by Gasteiger charge is 2.34. The first kappa shape index (κ1) is 12.2. The highest BCUT2D eigenvalue weighted by Crippen LogP contribution is 2.20. The van der Waals surface area contributed by atoms with Gasteiger partial charge < -0.3 is 10.4 Å². The Labute approximate surface area is 91.3 Å². The zero-order valence-corrected chi connectivity index (χ0v) is 10.2. The Hall–Kier alpha value is -0.870. The first-order valence-electron chi connectivity index (χ1n) is 5.18. The largest absolute Gasteiger partial charge is 0.389 e. The van der Waals surface area contributed by atoms with Crippen LogP contribution >= 0.6 is 0 Å². The van der Waals surface area contributed by atoms with Crippen molar-refractivity contribution in [3.8, 4) is 0 Å². The predicted octanol–water partition coefficient (Wildman–Crippen LogP) is 1.06. The van der Waals surface area contributed by atoms with Crippen LogP contribution in [0.1, 0.15) is 33.4 Å². The molecule has 1 heterocycles. The van der Waals surface area contributed by atoms with Crippen molar-refractivity contribution in [2.24, 2.45) is 7.05 Å². The Kier molecular flexibility index (Phi) is 3.21. The minimum Gasteiger partial charge on any atom is -0.389 e. The minimum absolute atomic E-state index is 0.343. The lowest BCUT2D eigenvalue weighted by Crippen LogP contribution is -2.55. The smallest absolute Gasteiger partial charge is 0.0767 e. The third-order valence-electron chi connectivity index (χ3n) is 3.01. The molecule has 0 aromatic carbocycles. The van der Waals surface area contributed by atoms with E-state index in [2.05, 4.69) is 10.4 Å². The summed E-state index contributed by atoms with van der Waals surface area (Å²) in [6.07, 6.45) is 1.91. The molecule has 0 amide bonds. The van der Waals surface area contributed by atoms with Gasteiger partial charge in [0.1, 0.15) is 0 Å². The van der Waals surface area contributed by atoms with Gasteiger partial charge >= 0.3 is 0 Å². The fraction of sp³-hybridized carbons (Fsp3) is 0.727. The van der Waals surface area contributed by atoms with Crippen molar-refractivity contribution in [1.82, 2.24) is 15.1 Å². The number of nitrogens with zero attached hydrogens (tertiary/aromatic N) is 2. The van der Waals surface area contributed by atoms with Crippen LogP contribution in [0.5, 0.6) is 0 Å².